The number of aliphatic carboxylic acids is 1. The summed E-state index contributed by atoms with van der Waals surface area (Å²) in [6.45, 7) is 14.0. The molecule has 0 bridgehead atoms. The average molecular weight is 779 g/mol. The first-order chi connectivity index (χ1) is 26.2. The minimum absolute atomic E-state index is 0.0233. The van der Waals surface area contributed by atoms with Crippen molar-refractivity contribution in [2.24, 2.45) is 11.8 Å². The highest BCUT2D eigenvalue weighted by atomic mass is 16.5. The van der Waals surface area contributed by atoms with E-state index >= 15 is 0 Å². The number of quaternary nitrogens is 1. The van der Waals surface area contributed by atoms with E-state index < -0.39 is 59.2 Å². The number of nitrogens with one attached hydrogen (secondary N) is 2. The summed E-state index contributed by atoms with van der Waals surface area (Å²) in [6, 6.07) is 13.9. The zero-order valence-corrected chi connectivity index (χ0v) is 36.0. The molecule has 0 aliphatic carbocycles. The van der Waals surface area contributed by atoms with E-state index in [-0.39, 0.29) is 18.6 Å². The van der Waals surface area contributed by atoms with Crippen molar-refractivity contribution in [3.63, 3.8) is 0 Å². The fourth-order valence-corrected chi connectivity index (χ4v) is 6.79. The second-order valence-corrected chi connectivity index (χ2v) is 17.6. The van der Waals surface area contributed by atoms with E-state index in [1.807, 2.05) is 52.0 Å². The number of Topliss-reactive ketones (excluding diaryl/α,β-unsaturated/α-hetero) is 2. The maximum Gasteiger partial charge on any atom is 0.326 e. The summed E-state index contributed by atoms with van der Waals surface area (Å²) < 4.78 is 6.95. The van der Waals surface area contributed by atoms with E-state index in [0.29, 0.717) is 24.8 Å². The Labute approximate surface area is 337 Å². The summed E-state index contributed by atoms with van der Waals surface area (Å²) >= 11 is 0. The van der Waals surface area contributed by atoms with Crippen molar-refractivity contribution in [1.82, 2.24) is 10.6 Å². The molecule has 0 saturated heterocycles. The minimum atomic E-state index is -1.12. The number of aryl methyl sites for hydroxylation is 1. The Kier molecular flexibility index (Phi) is 20.1. The molecule has 0 spiro atoms. The molecule has 0 radical (unpaired) electrons. The maximum absolute atomic E-state index is 14.2. The first kappa shape index (κ1) is 48.3. The van der Waals surface area contributed by atoms with Crippen molar-refractivity contribution in [3.8, 4) is 11.1 Å². The van der Waals surface area contributed by atoms with Crippen LogP contribution in [-0.4, -0.2) is 90.4 Å². The van der Waals surface area contributed by atoms with Crippen LogP contribution in [0.1, 0.15) is 135 Å². The zero-order valence-electron chi connectivity index (χ0n) is 36.0. The second-order valence-electron chi connectivity index (χ2n) is 17.6. The van der Waals surface area contributed by atoms with Gasteiger partial charge in [0.25, 0.3) is 0 Å². The quantitative estimate of drug-likeness (QED) is 0.0497. The Morgan fingerprint density at radius 2 is 1.30 bits per heavy atom. The summed E-state index contributed by atoms with van der Waals surface area (Å²) in [7, 11) is 6.33. The van der Waals surface area contributed by atoms with Gasteiger partial charge in [-0.3, -0.25) is 19.2 Å². The summed E-state index contributed by atoms with van der Waals surface area (Å²) in [4.78, 5) is 66.8. The predicted octanol–water partition coefficient (Wildman–Crippen LogP) is 8.20. The van der Waals surface area contributed by atoms with Gasteiger partial charge in [-0.25, -0.2) is 4.79 Å². The van der Waals surface area contributed by atoms with E-state index in [9.17, 15) is 29.1 Å². The van der Waals surface area contributed by atoms with E-state index in [4.69, 9.17) is 4.74 Å². The lowest BCUT2D eigenvalue weighted by Crippen LogP contribution is -2.53. The van der Waals surface area contributed by atoms with Crippen LogP contribution in [0.2, 0.25) is 0 Å². The molecule has 0 aliphatic heterocycles. The van der Waals surface area contributed by atoms with Gasteiger partial charge >= 0.3 is 5.97 Å². The van der Waals surface area contributed by atoms with E-state index in [1.165, 1.54) is 5.56 Å². The molecule has 5 atom stereocenters. The standard InChI is InChI=1S/C46H71N3O7/c1-11-13-15-20-39(45(54)55)47-43(52)32(3)30-41(51)42(33(4)56-46(5,6)7)48-44(53)38(19-16-17-29-49(8,9)10)31-40(50)37-27-25-36(26-28-37)35-23-21-34(22-24-35)18-14-12-2/h21-28,32-33,38-39,42H,11-20,29-31H2,1-10H3,(H2-,47,48,52,53,54,55)/p+1/t32-,33?,38-,39+,42+/m1/s1. The van der Waals surface area contributed by atoms with Crippen LogP contribution in [0.15, 0.2) is 48.5 Å². The van der Waals surface area contributed by atoms with Gasteiger partial charge in [-0.2, -0.15) is 0 Å². The molecule has 0 fully saturated rings. The lowest BCUT2D eigenvalue weighted by Gasteiger charge is -2.32. The summed E-state index contributed by atoms with van der Waals surface area (Å²) in [5.41, 5.74) is 3.26. The van der Waals surface area contributed by atoms with E-state index in [2.05, 4.69) is 63.0 Å². The highest BCUT2D eigenvalue weighted by Gasteiger charge is 2.35. The van der Waals surface area contributed by atoms with Crippen molar-refractivity contribution in [1.29, 1.82) is 0 Å². The van der Waals surface area contributed by atoms with Crippen LogP contribution in [-0.2, 0) is 30.3 Å². The molecule has 2 amide bonds. The van der Waals surface area contributed by atoms with Crippen LogP contribution < -0.4 is 10.6 Å². The average Bonchev–Trinajstić information content (AvgIpc) is 3.12. The molecular weight excluding hydrogens is 707 g/mol. The largest absolute Gasteiger partial charge is 0.480 e. The Bertz CT molecular complexity index is 1540. The molecule has 0 heterocycles. The number of carbonyl (C=O) groups is 5. The van der Waals surface area contributed by atoms with E-state index in [1.54, 1.807) is 13.8 Å². The normalized spacial score (nSPS) is 14.6. The van der Waals surface area contributed by atoms with Gasteiger partial charge in [-0.1, -0.05) is 95.0 Å². The summed E-state index contributed by atoms with van der Waals surface area (Å²) in [5, 5.41) is 15.2. The number of rotatable bonds is 26. The molecule has 10 nitrogen and oxygen atoms in total. The van der Waals surface area contributed by atoms with Crippen molar-refractivity contribution >= 4 is 29.4 Å². The fraction of sp³-hybridized carbons (Fsp3) is 0.630. The number of ether oxygens (including phenoxy) is 1. The number of nitrogens with zero attached hydrogens (tertiary/aromatic N) is 1. The lowest BCUT2D eigenvalue weighted by atomic mass is 9.90. The summed E-state index contributed by atoms with van der Waals surface area (Å²) in [5.74, 6) is -4.15. The Hall–Kier alpha value is -3.89. The molecule has 0 aliphatic rings. The molecule has 2 rings (SSSR count). The first-order valence-electron chi connectivity index (χ1n) is 20.8. The fourth-order valence-electron chi connectivity index (χ4n) is 6.79. The molecule has 56 heavy (non-hydrogen) atoms. The van der Waals surface area contributed by atoms with Gasteiger partial charge in [0, 0.05) is 30.2 Å². The topological polar surface area (TPSA) is 139 Å². The highest BCUT2D eigenvalue weighted by molar-refractivity contribution is 6.00. The number of hydrogen-bond acceptors (Lipinski definition) is 6. The number of carboxylic acids is 1. The van der Waals surface area contributed by atoms with Gasteiger partial charge in [0.05, 0.1) is 39.4 Å². The van der Waals surface area contributed by atoms with E-state index in [0.717, 1.165) is 67.1 Å². The number of carbonyl (C=O) groups excluding carboxylic acids is 4. The third kappa shape index (κ3) is 17.9. The van der Waals surface area contributed by atoms with Gasteiger partial charge in [-0.05, 0) is 82.9 Å². The lowest BCUT2D eigenvalue weighted by molar-refractivity contribution is -0.870. The molecule has 10 heteroatoms. The zero-order chi connectivity index (χ0) is 42.1. The second kappa shape index (κ2) is 23.4. The number of ketones is 2. The van der Waals surface area contributed by atoms with Crippen LogP contribution in [0.5, 0.6) is 0 Å². The highest BCUT2D eigenvalue weighted by Crippen LogP contribution is 2.24. The minimum Gasteiger partial charge on any atom is -0.480 e. The Morgan fingerprint density at radius 3 is 1.84 bits per heavy atom. The van der Waals surface area contributed by atoms with Gasteiger partial charge in [-0.15, -0.1) is 0 Å². The predicted molar refractivity (Wildman–Crippen MR) is 224 cm³/mol. The van der Waals surface area contributed by atoms with Crippen molar-refractivity contribution in [2.75, 3.05) is 27.7 Å². The molecule has 2 aromatic rings. The first-order valence-corrected chi connectivity index (χ1v) is 20.8. The van der Waals surface area contributed by atoms with Crippen LogP contribution in [0.25, 0.3) is 11.1 Å². The maximum atomic E-state index is 14.2. The third-order valence-corrected chi connectivity index (χ3v) is 10.1. The molecule has 0 aromatic heterocycles. The molecular formula is C46H72N3O7+. The molecule has 2 aromatic carbocycles. The van der Waals surface area contributed by atoms with Crippen molar-refractivity contribution in [2.45, 2.75) is 149 Å². The van der Waals surface area contributed by atoms with Crippen molar-refractivity contribution in [3.05, 3.63) is 59.7 Å². The Morgan fingerprint density at radius 1 is 0.732 bits per heavy atom. The van der Waals surface area contributed by atoms with Crippen molar-refractivity contribution < 1.29 is 38.3 Å². The third-order valence-electron chi connectivity index (χ3n) is 10.1. The number of amides is 2. The number of carboxylic acid groups (broad SMARTS) is 1. The van der Waals surface area contributed by atoms with Crippen LogP contribution in [0, 0.1) is 11.8 Å². The van der Waals surface area contributed by atoms with Crippen LogP contribution in [0.3, 0.4) is 0 Å². The molecule has 312 valence electrons. The van der Waals surface area contributed by atoms with Gasteiger partial charge < -0.3 is 25.0 Å². The van der Waals surface area contributed by atoms with Gasteiger partial charge in [0.15, 0.2) is 11.6 Å². The monoisotopic (exact) mass is 779 g/mol. The van der Waals surface area contributed by atoms with Gasteiger partial charge in [0.1, 0.15) is 12.1 Å². The molecule has 0 saturated carbocycles. The van der Waals surface area contributed by atoms with Crippen LogP contribution in [0.4, 0.5) is 0 Å². The number of hydrogen-bond donors (Lipinski definition) is 3. The van der Waals surface area contributed by atoms with Gasteiger partial charge in [0.2, 0.25) is 11.8 Å². The molecule has 3 N–H and O–H groups in total. The molecule has 1 unspecified atom stereocenters. The number of benzene rings is 2. The smallest absolute Gasteiger partial charge is 0.326 e. The SMILES string of the molecule is CCCCC[C@H](NC(=O)[C@H](C)CC(=O)[C@@H](NC(=O)[C@H](CCCC[N+](C)(C)C)CC(=O)c1ccc(-c2ccc(CCCC)cc2)cc1)C(C)OC(C)(C)C)C(=O)O. The van der Waals surface area contributed by atoms with Crippen LogP contribution >= 0.6 is 0 Å². The summed E-state index contributed by atoms with van der Waals surface area (Å²) in [6.07, 6.45) is 7.14. The Balaban J connectivity index is 2.28. The number of unbranched alkanes of at least 4 members (excludes halogenated alkanes) is 4.